The highest BCUT2D eigenvalue weighted by Gasteiger charge is 2.35. The first-order valence-electron chi connectivity index (χ1n) is 16.8. The molecule has 4 aliphatic heterocycles. The molecule has 3 fully saturated rings. The van der Waals surface area contributed by atoms with Crippen molar-refractivity contribution in [1.29, 1.82) is 0 Å². The van der Waals surface area contributed by atoms with E-state index in [2.05, 4.69) is 25.5 Å². The number of amides is 5. The van der Waals surface area contributed by atoms with Crippen molar-refractivity contribution in [3.8, 4) is 0 Å². The minimum atomic E-state index is -0.755. The van der Waals surface area contributed by atoms with Crippen molar-refractivity contribution in [3.05, 3.63) is 76.5 Å². The fourth-order valence-corrected chi connectivity index (χ4v) is 7.28. The summed E-state index contributed by atoms with van der Waals surface area (Å²) in [5.74, 6) is -0.0794. The summed E-state index contributed by atoms with van der Waals surface area (Å²) in [4.78, 5) is 65.7. The van der Waals surface area contributed by atoms with E-state index in [1.54, 1.807) is 23.2 Å². The average molecular weight is 631 g/mol. The summed E-state index contributed by atoms with van der Waals surface area (Å²) >= 11 is 0. The van der Waals surface area contributed by atoms with Crippen LogP contribution in [0.25, 0.3) is 0 Å². The summed E-state index contributed by atoms with van der Waals surface area (Å²) in [6, 6.07) is 12.6. The Kier molecular flexibility index (Phi) is 10.2. The van der Waals surface area contributed by atoms with E-state index in [-0.39, 0.29) is 36.1 Å². The molecule has 5 amide bonds. The molecule has 0 saturated carbocycles. The van der Waals surface area contributed by atoms with Gasteiger partial charge in [-0.2, -0.15) is 0 Å². The minimum Gasteiger partial charge on any atom is -0.341 e. The van der Waals surface area contributed by atoms with Crippen LogP contribution in [0, 0.1) is 0 Å². The van der Waals surface area contributed by atoms with Crippen molar-refractivity contribution in [3.63, 3.8) is 0 Å². The third-order valence-corrected chi connectivity index (χ3v) is 9.90. The van der Waals surface area contributed by atoms with Crippen molar-refractivity contribution in [2.45, 2.75) is 76.0 Å². The molecule has 0 spiro atoms. The van der Waals surface area contributed by atoms with E-state index in [0.717, 1.165) is 42.7 Å². The van der Waals surface area contributed by atoms with Gasteiger partial charge in [-0.05, 0) is 80.9 Å². The molecule has 12 nitrogen and oxygen atoms in total. The van der Waals surface area contributed by atoms with E-state index in [4.69, 9.17) is 0 Å². The molecule has 1 atom stereocenters. The van der Waals surface area contributed by atoms with Crippen molar-refractivity contribution in [2.75, 3.05) is 44.6 Å². The van der Waals surface area contributed by atoms with Gasteiger partial charge in [0.15, 0.2) is 0 Å². The Morgan fingerprint density at radius 1 is 0.783 bits per heavy atom. The summed E-state index contributed by atoms with van der Waals surface area (Å²) in [5, 5.41) is 6.07. The van der Waals surface area contributed by atoms with Crippen molar-refractivity contribution >= 4 is 23.7 Å². The lowest BCUT2D eigenvalue weighted by molar-refractivity contribution is -0.134. The summed E-state index contributed by atoms with van der Waals surface area (Å²) < 4.78 is 0. The lowest BCUT2D eigenvalue weighted by Crippen LogP contribution is -2.57. The van der Waals surface area contributed by atoms with E-state index < -0.39 is 6.04 Å². The summed E-state index contributed by atoms with van der Waals surface area (Å²) in [6.45, 7) is 5.17. The molecule has 0 aliphatic carbocycles. The standard InChI is InChI=1S/C34H46N8O4/c43-31(40-19-11-27(12-20-40)39-17-4-1-5-18-39)30(23-25-7-6-15-35-32(44)36-16-10-25)38-33(45)41-21-13-28(14-22-41)42-24-26-8-2-3-9-29(26)37-34(42)46/h2-3,6-10,15-16,27-28,30H,1,4-5,11-14,17-24H2,(H,37,46)(H,38,45)(H2,35,36,44). The van der Waals surface area contributed by atoms with Crippen LogP contribution < -0.4 is 16.3 Å². The fourth-order valence-electron chi connectivity index (χ4n) is 7.28. The first-order valence-corrected chi connectivity index (χ1v) is 16.8. The van der Waals surface area contributed by atoms with Gasteiger partial charge in [-0.1, -0.05) is 30.7 Å². The number of aromatic amines is 2. The lowest BCUT2D eigenvalue weighted by atomic mass is 9.98. The Morgan fingerprint density at radius 3 is 2.26 bits per heavy atom. The number of aromatic nitrogens is 2. The Labute approximate surface area is 269 Å². The quantitative estimate of drug-likeness (QED) is 0.388. The van der Waals surface area contributed by atoms with Crippen LogP contribution in [-0.4, -0.2) is 105 Å². The molecule has 5 heterocycles. The van der Waals surface area contributed by atoms with Crippen molar-refractivity contribution < 1.29 is 14.4 Å². The topological polar surface area (TPSA) is 137 Å². The van der Waals surface area contributed by atoms with Crippen LogP contribution in [0.3, 0.4) is 0 Å². The molecule has 246 valence electrons. The summed E-state index contributed by atoms with van der Waals surface area (Å²) in [5.41, 5.74) is 2.39. The van der Waals surface area contributed by atoms with Crippen LogP contribution in [0.2, 0.25) is 0 Å². The maximum atomic E-state index is 14.0. The number of carbonyl (C=O) groups is 3. The summed E-state index contributed by atoms with van der Waals surface area (Å²) in [6.07, 6.45) is 10.4. The van der Waals surface area contributed by atoms with E-state index >= 15 is 0 Å². The number of benzene rings is 1. The third-order valence-electron chi connectivity index (χ3n) is 9.90. The molecule has 12 heteroatoms. The van der Waals surface area contributed by atoms with Gasteiger partial charge in [-0.15, -0.1) is 0 Å². The lowest BCUT2D eigenvalue weighted by Gasteiger charge is -2.42. The highest BCUT2D eigenvalue weighted by molar-refractivity contribution is 5.92. The van der Waals surface area contributed by atoms with Crippen LogP contribution >= 0.6 is 0 Å². The van der Waals surface area contributed by atoms with Crippen LogP contribution in [0.4, 0.5) is 15.3 Å². The number of fused-ring (bicyclic) bond motifs is 1. The number of likely N-dealkylation sites (tertiary alicyclic amines) is 3. The number of rotatable bonds is 6. The number of nitrogens with one attached hydrogen (secondary N) is 4. The molecule has 0 bridgehead atoms. The Balaban J connectivity index is 1.10. The second-order valence-electron chi connectivity index (χ2n) is 12.8. The van der Waals surface area contributed by atoms with Crippen LogP contribution in [0.15, 0.2) is 59.7 Å². The smallest absolute Gasteiger partial charge is 0.322 e. The van der Waals surface area contributed by atoms with Gasteiger partial charge in [0.2, 0.25) is 5.91 Å². The van der Waals surface area contributed by atoms with Crippen molar-refractivity contribution in [2.24, 2.45) is 0 Å². The van der Waals surface area contributed by atoms with E-state index in [1.807, 2.05) is 40.1 Å². The highest BCUT2D eigenvalue weighted by Crippen LogP contribution is 2.28. The number of H-pyrrole nitrogens is 2. The molecular weight excluding hydrogens is 584 g/mol. The molecule has 1 unspecified atom stereocenters. The number of hydrogen-bond acceptors (Lipinski definition) is 5. The molecule has 6 rings (SSSR count). The van der Waals surface area contributed by atoms with E-state index in [9.17, 15) is 19.2 Å². The van der Waals surface area contributed by atoms with Gasteiger partial charge in [-0.3, -0.25) is 4.79 Å². The molecule has 1 aromatic carbocycles. The van der Waals surface area contributed by atoms with Gasteiger partial charge in [0.05, 0.1) is 0 Å². The molecule has 46 heavy (non-hydrogen) atoms. The zero-order valence-corrected chi connectivity index (χ0v) is 26.5. The van der Waals surface area contributed by atoms with Gasteiger partial charge in [0, 0.05) is 69.3 Å². The Bertz CT molecular complexity index is 1480. The zero-order valence-electron chi connectivity index (χ0n) is 26.5. The molecule has 2 aromatic rings. The van der Waals surface area contributed by atoms with Gasteiger partial charge in [-0.25, -0.2) is 14.4 Å². The number of carbonyl (C=O) groups excluding carboxylic acids is 3. The van der Waals surface area contributed by atoms with Gasteiger partial charge in [0.25, 0.3) is 0 Å². The molecule has 3 saturated heterocycles. The molecule has 1 aromatic heterocycles. The maximum Gasteiger partial charge on any atom is 0.322 e. The second-order valence-corrected chi connectivity index (χ2v) is 12.8. The van der Waals surface area contributed by atoms with Crippen LogP contribution in [0.5, 0.6) is 0 Å². The third kappa shape index (κ3) is 7.72. The molecular formula is C34H46N8O4. The van der Waals surface area contributed by atoms with Gasteiger partial charge >= 0.3 is 17.8 Å². The Hall–Kier alpha value is -4.32. The van der Waals surface area contributed by atoms with Crippen molar-refractivity contribution in [1.82, 2.24) is 34.9 Å². The van der Waals surface area contributed by atoms with Crippen LogP contribution in [-0.2, 0) is 17.8 Å². The van der Waals surface area contributed by atoms with E-state index in [1.165, 1.54) is 25.5 Å². The number of anilines is 1. The average Bonchev–Trinajstić information content (AvgIpc) is 3.19. The fraction of sp³-hybridized carbons (Fsp3) is 0.529. The normalized spacial score (nSPS) is 20.3. The monoisotopic (exact) mass is 630 g/mol. The first-order chi connectivity index (χ1) is 22.4. The number of hydrogen-bond donors (Lipinski definition) is 4. The first kappa shape index (κ1) is 31.7. The second kappa shape index (κ2) is 14.8. The van der Waals surface area contributed by atoms with Gasteiger partial charge in [0.1, 0.15) is 6.04 Å². The van der Waals surface area contributed by atoms with Gasteiger partial charge < -0.3 is 40.2 Å². The number of piperidine rings is 3. The predicted octanol–water partition coefficient (Wildman–Crippen LogP) is 3.44. The highest BCUT2D eigenvalue weighted by atomic mass is 16.2. The molecule has 4 aliphatic rings. The number of nitrogens with zero attached hydrogens (tertiary/aromatic N) is 4. The predicted molar refractivity (Wildman–Crippen MR) is 176 cm³/mol. The van der Waals surface area contributed by atoms with Crippen LogP contribution in [0.1, 0.15) is 56.1 Å². The SMILES string of the molecule is O=C(NC(Cc1ccc[nH]c(=O)[nH]cc1)C(=O)N1CCC(N2CCCCC2)CC1)N1CCC(N2Cc3ccccc3NC2=O)CC1. The Morgan fingerprint density at radius 2 is 1.48 bits per heavy atom. The number of urea groups is 2. The number of para-hydroxylation sites is 1. The zero-order chi connectivity index (χ0) is 31.9. The molecule has 4 N–H and O–H groups in total. The largest absolute Gasteiger partial charge is 0.341 e. The minimum absolute atomic E-state index is 0.0285. The van der Waals surface area contributed by atoms with E-state index in [0.29, 0.717) is 51.6 Å². The maximum absolute atomic E-state index is 14.0. The summed E-state index contributed by atoms with van der Waals surface area (Å²) in [7, 11) is 0. The molecule has 0 radical (unpaired) electrons.